The molecule has 1 aromatic rings. The van der Waals surface area contributed by atoms with Crippen LogP contribution in [-0.2, 0) is 6.54 Å². The summed E-state index contributed by atoms with van der Waals surface area (Å²) >= 11 is 3.37. The summed E-state index contributed by atoms with van der Waals surface area (Å²) < 4.78 is 0.904. The lowest BCUT2D eigenvalue weighted by atomic mass is 9.87. The minimum Gasteiger partial charge on any atom is -0.393 e. The number of carbonyl (C=O) groups excluding carboxylic acids is 1. The minimum atomic E-state index is -0.284. The van der Waals surface area contributed by atoms with Gasteiger partial charge < -0.3 is 10.4 Å². The van der Waals surface area contributed by atoms with Gasteiger partial charge in [-0.2, -0.15) is 0 Å². The number of aromatic nitrogens is 1. The zero-order valence-electron chi connectivity index (χ0n) is 9.06. The van der Waals surface area contributed by atoms with E-state index >= 15 is 0 Å². The third-order valence-corrected chi connectivity index (χ3v) is 3.67. The maximum atomic E-state index is 11.9. The van der Waals surface area contributed by atoms with Crippen LogP contribution < -0.4 is 10.2 Å². The van der Waals surface area contributed by atoms with Gasteiger partial charge in [0.15, 0.2) is 0 Å². The third-order valence-electron chi connectivity index (χ3n) is 3.24. The van der Waals surface area contributed by atoms with Crippen LogP contribution in [0.15, 0.2) is 16.7 Å². The van der Waals surface area contributed by atoms with E-state index in [1.54, 1.807) is 11.1 Å². The van der Waals surface area contributed by atoms with Crippen molar-refractivity contribution >= 4 is 27.8 Å². The van der Waals surface area contributed by atoms with Crippen molar-refractivity contribution in [2.75, 3.05) is 4.90 Å². The van der Waals surface area contributed by atoms with Gasteiger partial charge in [0.2, 0.25) is 0 Å². The maximum Gasteiger partial charge on any atom is 0.323 e. The fraction of sp³-hybridized carbons (Fsp3) is 0.455. The molecule has 2 amide bonds. The van der Waals surface area contributed by atoms with Crippen LogP contribution in [0.4, 0.5) is 10.6 Å². The number of aliphatic hydroxyl groups is 1. The second-order valence-electron chi connectivity index (χ2n) is 4.44. The zero-order chi connectivity index (χ0) is 12.0. The molecule has 1 saturated carbocycles. The molecule has 1 aliphatic heterocycles. The number of fused-ring (bicyclic) bond motifs is 1. The van der Waals surface area contributed by atoms with Crippen molar-refractivity contribution in [3.8, 4) is 0 Å². The van der Waals surface area contributed by atoms with E-state index in [0.717, 1.165) is 10.0 Å². The first-order valence-electron chi connectivity index (χ1n) is 5.54. The standard InChI is InChI=1S/C11H12BrN3O2/c12-7-1-6-4-14-11(17)15(10(6)13-5-7)8-2-9(16)3-8/h1,5,8-9,16H,2-4H2,(H,14,17)/t8-,9+. The monoisotopic (exact) mass is 297 g/mol. The fourth-order valence-electron chi connectivity index (χ4n) is 2.28. The lowest BCUT2D eigenvalue weighted by Crippen LogP contribution is -2.56. The van der Waals surface area contributed by atoms with Crippen molar-refractivity contribution in [1.29, 1.82) is 0 Å². The van der Waals surface area contributed by atoms with Crippen molar-refractivity contribution in [3.05, 3.63) is 22.3 Å². The number of urea groups is 1. The first kappa shape index (κ1) is 11.0. The van der Waals surface area contributed by atoms with Gasteiger partial charge in [0, 0.05) is 28.8 Å². The van der Waals surface area contributed by atoms with Gasteiger partial charge in [-0.25, -0.2) is 9.78 Å². The molecule has 90 valence electrons. The molecule has 2 heterocycles. The van der Waals surface area contributed by atoms with Crippen LogP contribution >= 0.6 is 15.9 Å². The van der Waals surface area contributed by atoms with Crippen LogP contribution in [0, 0.1) is 0 Å². The van der Waals surface area contributed by atoms with Crippen molar-refractivity contribution < 1.29 is 9.90 Å². The van der Waals surface area contributed by atoms with E-state index in [4.69, 9.17) is 0 Å². The SMILES string of the molecule is O=C1NCc2cc(Br)cnc2N1[C@H]1C[C@@H](O)C1. The highest BCUT2D eigenvalue weighted by Gasteiger charge is 2.39. The number of pyridine rings is 1. The first-order valence-corrected chi connectivity index (χ1v) is 6.34. The molecule has 2 N–H and O–H groups in total. The maximum absolute atomic E-state index is 11.9. The highest BCUT2D eigenvalue weighted by Crippen LogP contribution is 2.33. The highest BCUT2D eigenvalue weighted by atomic mass is 79.9. The summed E-state index contributed by atoms with van der Waals surface area (Å²) in [5, 5.41) is 12.2. The van der Waals surface area contributed by atoms with Crippen LogP contribution in [0.1, 0.15) is 18.4 Å². The summed E-state index contributed by atoms with van der Waals surface area (Å²) in [6, 6.07) is 1.91. The Morgan fingerprint density at radius 1 is 1.53 bits per heavy atom. The Balaban J connectivity index is 1.96. The molecular formula is C11H12BrN3O2. The molecule has 0 bridgehead atoms. The Morgan fingerprint density at radius 3 is 3.00 bits per heavy atom. The van der Waals surface area contributed by atoms with Crippen LogP contribution in [0.2, 0.25) is 0 Å². The second-order valence-corrected chi connectivity index (χ2v) is 5.36. The van der Waals surface area contributed by atoms with Gasteiger partial charge in [0.05, 0.1) is 6.10 Å². The van der Waals surface area contributed by atoms with Crippen LogP contribution in [0.5, 0.6) is 0 Å². The van der Waals surface area contributed by atoms with Crippen molar-refractivity contribution in [2.45, 2.75) is 31.5 Å². The molecule has 3 rings (SSSR count). The molecule has 1 fully saturated rings. The molecular weight excluding hydrogens is 286 g/mol. The van der Waals surface area contributed by atoms with Crippen LogP contribution in [0.3, 0.4) is 0 Å². The average molecular weight is 298 g/mol. The number of hydrogen-bond acceptors (Lipinski definition) is 3. The Morgan fingerprint density at radius 2 is 2.29 bits per heavy atom. The highest BCUT2D eigenvalue weighted by molar-refractivity contribution is 9.10. The number of hydrogen-bond donors (Lipinski definition) is 2. The molecule has 0 unspecified atom stereocenters. The Kier molecular flexibility index (Phi) is 2.56. The summed E-state index contributed by atoms with van der Waals surface area (Å²) in [4.78, 5) is 17.8. The predicted molar refractivity (Wildman–Crippen MR) is 65.7 cm³/mol. The average Bonchev–Trinajstić information content (AvgIpc) is 2.26. The van der Waals surface area contributed by atoms with Crippen LogP contribution in [-0.4, -0.2) is 28.3 Å². The molecule has 0 spiro atoms. The number of anilines is 1. The first-order chi connectivity index (χ1) is 8.15. The molecule has 2 aliphatic rings. The molecule has 17 heavy (non-hydrogen) atoms. The number of halogens is 1. The Hall–Kier alpha value is -1.14. The number of carbonyl (C=O) groups is 1. The summed E-state index contributed by atoms with van der Waals surface area (Å²) in [5.74, 6) is 0.717. The molecule has 0 atom stereocenters. The summed E-state index contributed by atoms with van der Waals surface area (Å²) in [6.45, 7) is 0.506. The van der Waals surface area contributed by atoms with Crippen molar-refractivity contribution in [2.24, 2.45) is 0 Å². The number of nitrogens with zero attached hydrogens (tertiary/aromatic N) is 2. The topological polar surface area (TPSA) is 65.5 Å². The van der Waals surface area contributed by atoms with Gasteiger partial charge in [-0.05, 0) is 34.8 Å². The van der Waals surface area contributed by atoms with E-state index in [0.29, 0.717) is 25.2 Å². The molecule has 0 saturated heterocycles. The van der Waals surface area contributed by atoms with E-state index in [9.17, 15) is 9.90 Å². The van der Waals surface area contributed by atoms with Gasteiger partial charge in [-0.15, -0.1) is 0 Å². The Labute approximate surface area is 107 Å². The predicted octanol–water partition coefficient (Wildman–Crippen LogP) is 1.40. The lowest BCUT2D eigenvalue weighted by Gasteiger charge is -2.42. The fourth-order valence-corrected chi connectivity index (χ4v) is 2.66. The van der Waals surface area contributed by atoms with Crippen molar-refractivity contribution in [1.82, 2.24) is 10.3 Å². The molecule has 6 heteroatoms. The quantitative estimate of drug-likeness (QED) is 0.823. The third kappa shape index (κ3) is 1.81. The number of nitrogens with one attached hydrogen (secondary N) is 1. The normalized spacial score (nSPS) is 27.2. The van der Waals surface area contributed by atoms with Gasteiger partial charge in [0.25, 0.3) is 0 Å². The van der Waals surface area contributed by atoms with Gasteiger partial charge in [-0.3, -0.25) is 4.90 Å². The summed E-state index contributed by atoms with van der Waals surface area (Å²) in [6.07, 6.45) is 2.67. The largest absolute Gasteiger partial charge is 0.393 e. The molecule has 5 nitrogen and oxygen atoms in total. The van der Waals surface area contributed by atoms with Crippen LogP contribution in [0.25, 0.3) is 0 Å². The number of aliphatic hydroxyl groups excluding tert-OH is 1. The summed E-state index contributed by atoms with van der Waals surface area (Å²) in [5.41, 5.74) is 1.00. The lowest BCUT2D eigenvalue weighted by molar-refractivity contribution is 0.0748. The molecule has 1 aromatic heterocycles. The smallest absolute Gasteiger partial charge is 0.323 e. The summed E-state index contributed by atoms with van der Waals surface area (Å²) in [7, 11) is 0. The van der Waals surface area contributed by atoms with Gasteiger partial charge in [0.1, 0.15) is 5.82 Å². The van der Waals surface area contributed by atoms with E-state index in [-0.39, 0.29) is 18.2 Å². The molecule has 0 aromatic carbocycles. The Bertz CT molecular complexity index is 474. The second kappa shape index (κ2) is 3.96. The van der Waals surface area contributed by atoms with E-state index in [1.807, 2.05) is 6.07 Å². The minimum absolute atomic E-state index is 0.0673. The van der Waals surface area contributed by atoms with Crippen molar-refractivity contribution in [3.63, 3.8) is 0 Å². The van der Waals surface area contributed by atoms with E-state index < -0.39 is 0 Å². The van der Waals surface area contributed by atoms with Gasteiger partial charge >= 0.3 is 6.03 Å². The number of rotatable bonds is 1. The molecule has 0 radical (unpaired) electrons. The zero-order valence-corrected chi connectivity index (χ0v) is 10.6. The number of amides is 2. The van der Waals surface area contributed by atoms with E-state index in [1.165, 1.54) is 0 Å². The molecule has 1 aliphatic carbocycles. The van der Waals surface area contributed by atoms with E-state index in [2.05, 4.69) is 26.2 Å². The van der Waals surface area contributed by atoms with Gasteiger partial charge in [-0.1, -0.05) is 0 Å².